The summed E-state index contributed by atoms with van der Waals surface area (Å²) in [5.74, 6) is -0.423. The normalized spacial score (nSPS) is 10.2. The number of nitrogens with two attached hydrogens (primary N) is 1. The summed E-state index contributed by atoms with van der Waals surface area (Å²) in [4.78, 5) is 15.9. The number of rotatable bonds is 3. The highest BCUT2D eigenvalue weighted by Crippen LogP contribution is 2.18. The second kappa shape index (κ2) is 6.16. The van der Waals surface area contributed by atoms with E-state index in [1.807, 2.05) is 6.07 Å². The highest BCUT2D eigenvalue weighted by Gasteiger charge is 2.09. The molecule has 0 atom stereocenters. The third kappa shape index (κ3) is 4.04. The molecule has 0 aliphatic heterocycles. The predicted molar refractivity (Wildman–Crippen MR) is 79.6 cm³/mol. The highest BCUT2D eigenvalue weighted by atomic mass is 79.9. The fraction of sp³-hybridized carbons (Fsp3) is 0.0769. The smallest absolute Gasteiger partial charge is 0.338 e. The van der Waals surface area contributed by atoms with Crippen LogP contribution in [0.3, 0.4) is 0 Å². The molecule has 98 valence electrons. The number of pyridine rings is 1. The van der Waals surface area contributed by atoms with Crippen LogP contribution < -0.4 is 5.73 Å². The first-order valence-electron chi connectivity index (χ1n) is 5.37. The van der Waals surface area contributed by atoms with Gasteiger partial charge >= 0.3 is 5.97 Å². The van der Waals surface area contributed by atoms with Gasteiger partial charge in [-0.2, -0.15) is 0 Å². The lowest BCUT2D eigenvalue weighted by molar-refractivity contribution is 0.0472. The van der Waals surface area contributed by atoms with Crippen LogP contribution >= 0.6 is 31.9 Å². The van der Waals surface area contributed by atoms with Crippen molar-refractivity contribution >= 4 is 43.5 Å². The van der Waals surface area contributed by atoms with Gasteiger partial charge in [0, 0.05) is 32.6 Å². The van der Waals surface area contributed by atoms with E-state index >= 15 is 0 Å². The van der Waals surface area contributed by atoms with Crippen molar-refractivity contribution in [1.82, 2.24) is 4.98 Å². The number of aromatic nitrogens is 1. The lowest BCUT2D eigenvalue weighted by atomic mass is 10.2. The van der Waals surface area contributed by atoms with E-state index in [9.17, 15) is 4.79 Å². The van der Waals surface area contributed by atoms with E-state index in [0.29, 0.717) is 11.3 Å². The molecule has 2 N–H and O–H groups in total. The molecule has 0 saturated carbocycles. The van der Waals surface area contributed by atoms with Crippen LogP contribution in [0.25, 0.3) is 0 Å². The van der Waals surface area contributed by atoms with Crippen LogP contribution in [0, 0.1) is 0 Å². The zero-order chi connectivity index (χ0) is 13.8. The summed E-state index contributed by atoms with van der Waals surface area (Å²) in [5.41, 5.74) is 7.40. The van der Waals surface area contributed by atoms with Gasteiger partial charge in [-0.1, -0.05) is 15.9 Å². The van der Waals surface area contributed by atoms with Gasteiger partial charge in [0.2, 0.25) is 0 Å². The number of halogens is 2. The minimum Gasteiger partial charge on any atom is -0.457 e. The van der Waals surface area contributed by atoms with Gasteiger partial charge in [0.05, 0.1) is 5.56 Å². The lowest BCUT2D eigenvalue weighted by Gasteiger charge is -2.06. The molecule has 1 aromatic carbocycles. The van der Waals surface area contributed by atoms with Crippen molar-refractivity contribution in [3.8, 4) is 0 Å². The van der Waals surface area contributed by atoms with E-state index in [2.05, 4.69) is 36.8 Å². The summed E-state index contributed by atoms with van der Waals surface area (Å²) in [6, 6.07) is 6.80. The maximum absolute atomic E-state index is 11.9. The topological polar surface area (TPSA) is 65.2 Å². The molecule has 0 aliphatic rings. The summed E-state index contributed by atoms with van der Waals surface area (Å²) in [6.45, 7) is 0.164. The summed E-state index contributed by atoms with van der Waals surface area (Å²) in [6.07, 6.45) is 3.31. The molecular weight excluding hydrogens is 376 g/mol. The molecule has 0 bridgehead atoms. The van der Waals surface area contributed by atoms with E-state index in [4.69, 9.17) is 10.5 Å². The van der Waals surface area contributed by atoms with E-state index < -0.39 is 5.97 Å². The standard InChI is InChI=1S/C13H10Br2N2O2/c14-10-2-9(3-12(16)4-10)13(18)19-7-8-1-11(15)6-17-5-8/h1-6H,7,16H2. The van der Waals surface area contributed by atoms with Crippen LogP contribution in [0.15, 0.2) is 45.6 Å². The number of nitrogens with zero attached hydrogens (tertiary/aromatic N) is 1. The minimum absolute atomic E-state index is 0.164. The van der Waals surface area contributed by atoms with Crippen molar-refractivity contribution in [3.05, 3.63) is 56.7 Å². The zero-order valence-electron chi connectivity index (χ0n) is 9.77. The fourth-order valence-electron chi connectivity index (χ4n) is 1.50. The van der Waals surface area contributed by atoms with Crippen molar-refractivity contribution in [2.45, 2.75) is 6.61 Å². The molecule has 0 spiro atoms. The number of nitrogen functional groups attached to an aromatic ring is 1. The second-order valence-electron chi connectivity index (χ2n) is 3.86. The molecule has 4 nitrogen and oxygen atoms in total. The van der Waals surface area contributed by atoms with Crippen molar-refractivity contribution in [2.24, 2.45) is 0 Å². The quantitative estimate of drug-likeness (QED) is 0.648. The van der Waals surface area contributed by atoms with Gasteiger partial charge in [-0.05, 0) is 40.2 Å². The van der Waals surface area contributed by atoms with Gasteiger partial charge in [0.15, 0.2) is 0 Å². The molecule has 1 heterocycles. The van der Waals surface area contributed by atoms with Crippen molar-refractivity contribution in [2.75, 3.05) is 5.73 Å². The average Bonchev–Trinajstić information content (AvgIpc) is 2.35. The summed E-state index contributed by atoms with van der Waals surface area (Å²) >= 11 is 6.59. The fourth-order valence-corrected chi connectivity index (χ4v) is 2.42. The van der Waals surface area contributed by atoms with Gasteiger partial charge in [-0.15, -0.1) is 0 Å². The molecule has 0 radical (unpaired) electrons. The van der Waals surface area contributed by atoms with E-state index in [1.165, 1.54) is 0 Å². The van der Waals surface area contributed by atoms with Crippen molar-refractivity contribution in [1.29, 1.82) is 0 Å². The molecule has 19 heavy (non-hydrogen) atoms. The second-order valence-corrected chi connectivity index (χ2v) is 5.69. The third-order valence-electron chi connectivity index (χ3n) is 2.29. The van der Waals surface area contributed by atoms with Crippen LogP contribution in [-0.2, 0) is 11.3 Å². The van der Waals surface area contributed by atoms with E-state index in [0.717, 1.165) is 14.5 Å². The van der Waals surface area contributed by atoms with Crippen LogP contribution in [0.4, 0.5) is 5.69 Å². The monoisotopic (exact) mass is 384 g/mol. The van der Waals surface area contributed by atoms with Gasteiger partial charge in [0.1, 0.15) is 6.61 Å². The Hall–Kier alpha value is -1.40. The zero-order valence-corrected chi connectivity index (χ0v) is 12.9. The number of hydrogen-bond acceptors (Lipinski definition) is 4. The molecule has 0 fully saturated rings. The molecule has 2 aromatic rings. The Morgan fingerprint density at radius 1 is 1.16 bits per heavy atom. The number of esters is 1. The van der Waals surface area contributed by atoms with Gasteiger partial charge in [-0.3, -0.25) is 4.98 Å². The molecule has 6 heteroatoms. The Morgan fingerprint density at radius 2 is 1.95 bits per heavy atom. The number of carbonyl (C=O) groups is 1. The Labute approximate surface area is 127 Å². The van der Waals surface area contributed by atoms with Crippen LogP contribution in [0.5, 0.6) is 0 Å². The SMILES string of the molecule is Nc1cc(Br)cc(C(=O)OCc2cncc(Br)c2)c1. The predicted octanol–water partition coefficient (Wildman–Crippen LogP) is 3.55. The Morgan fingerprint density at radius 3 is 2.63 bits per heavy atom. The molecule has 0 aliphatic carbocycles. The largest absolute Gasteiger partial charge is 0.457 e. The number of anilines is 1. The van der Waals surface area contributed by atoms with Gasteiger partial charge < -0.3 is 10.5 Å². The average molecular weight is 386 g/mol. The van der Waals surface area contributed by atoms with E-state index in [1.54, 1.807) is 30.6 Å². The Bertz CT molecular complexity index is 597. The van der Waals surface area contributed by atoms with Crippen LogP contribution in [-0.4, -0.2) is 11.0 Å². The first-order valence-corrected chi connectivity index (χ1v) is 6.96. The number of ether oxygens (including phenoxy) is 1. The van der Waals surface area contributed by atoms with Crippen molar-refractivity contribution < 1.29 is 9.53 Å². The van der Waals surface area contributed by atoms with E-state index in [-0.39, 0.29) is 6.61 Å². The maximum Gasteiger partial charge on any atom is 0.338 e. The van der Waals surface area contributed by atoms with Gasteiger partial charge in [-0.25, -0.2) is 4.79 Å². The number of benzene rings is 1. The minimum atomic E-state index is -0.423. The summed E-state index contributed by atoms with van der Waals surface area (Å²) < 4.78 is 6.78. The molecule has 1 aromatic heterocycles. The molecular formula is C13H10Br2N2O2. The molecule has 0 amide bonds. The number of carbonyl (C=O) groups excluding carboxylic acids is 1. The summed E-state index contributed by atoms with van der Waals surface area (Å²) in [7, 11) is 0. The molecule has 0 saturated heterocycles. The van der Waals surface area contributed by atoms with Gasteiger partial charge in [0.25, 0.3) is 0 Å². The Kier molecular flexibility index (Phi) is 4.55. The van der Waals surface area contributed by atoms with Crippen LogP contribution in [0.1, 0.15) is 15.9 Å². The van der Waals surface area contributed by atoms with Crippen molar-refractivity contribution in [3.63, 3.8) is 0 Å². The molecule has 2 rings (SSSR count). The Balaban J connectivity index is 2.05. The first-order chi connectivity index (χ1) is 9.04. The van der Waals surface area contributed by atoms with Crippen LogP contribution in [0.2, 0.25) is 0 Å². The maximum atomic E-state index is 11.9. The number of hydrogen-bond donors (Lipinski definition) is 1. The highest BCUT2D eigenvalue weighted by molar-refractivity contribution is 9.10. The summed E-state index contributed by atoms with van der Waals surface area (Å²) in [5, 5.41) is 0. The molecule has 0 unspecified atom stereocenters. The third-order valence-corrected chi connectivity index (χ3v) is 3.18. The lowest BCUT2D eigenvalue weighted by Crippen LogP contribution is -2.06. The first kappa shape index (κ1) is 14.0.